The van der Waals surface area contributed by atoms with Crippen LogP contribution in [0.2, 0.25) is 0 Å². The van der Waals surface area contributed by atoms with Crippen LogP contribution in [0.25, 0.3) is 6.08 Å². The van der Waals surface area contributed by atoms with E-state index in [-0.39, 0.29) is 41.6 Å². The first kappa shape index (κ1) is 31.1. The maximum atomic E-state index is 12.6. The van der Waals surface area contributed by atoms with Gasteiger partial charge in [0, 0.05) is 76.1 Å². The molecule has 2 saturated heterocycles. The van der Waals surface area contributed by atoms with Gasteiger partial charge in [0.05, 0.1) is 13.1 Å². The monoisotopic (exact) mass is 600 g/mol. The number of halogens is 2. The summed E-state index contributed by atoms with van der Waals surface area (Å²) < 4.78 is 8.06. The number of piperidine rings is 1. The fourth-order valence-electron chi connectivity index (χ4n) is 6.35. The van der Waals surface area contributed by atoms with E-state index < -0.39 is 0 Å². The molecule has 0 amide bonds. The predicted molar refractivity (Wildman–Crippen MR) is 165 cm³/mol. The van der Waals surface area contributed by atoms with E-state index >= 15 is 0 Å². The third-order valence-corrected chi connectivity index (χ3v) is 8.28. The van der Waals surface area contributed by atoms with Crippen molar-refractivity contribution in [2.24, 2.45) is 5.92 Å². The molecule has 2 bridgehead atoms. The summed E-state index contributed by atoms with van der Waals surface area (Å²) in [5.74, 6) is 1.36. The number of piperazine rings is 1. The van der Waals surface area contributed by atoms with E-state index in [2.05, 4.69) is 45.1 Å². The maximum absolute atomic E-state index is 12.6. The van der Waals surface area contributed by atoms with Gasteiger partial charge in [0.2, 0.25) is 11.2 Å². The van der Waals surface area contributed by atoms with Crippen molar-refractivity contribution in [1.29, 1.82) is 0 Å². The second-order valence-corrected chi connectivity index (χ2v) is 11.1. The minimum Gasteiger partial charge on any atom is -0.502 e. The SMILES string of the molecule is Cl.Cl.O=c1cc(CN2CC3CC(C2)c2cccc(=O)n2C3)oc(CN2CCN(CC=Cc3ccccc3)CC2)c1O. The number of nitrogens with zero attached hydrogens (tertiary/aromatic N) is 4. The average molecular weight is 602 g/mol. The van der Waals surface area contributed by atoms with Crippen LogP contribution in [0.1, 0.15) is 35.1 Å². The molecule has 41 heavy (non-hydrogen) atoms. The molecule has 2 unspecified atom stereocenters. The van der Waals surface area contributed by atoms with Gasteiger partial charge < -0.3 is 14.1 Å². The zero-order valence-electron chi connectivity index (χ0n) is 23.1. The van der Waals surface area contributed by atoms with Crippen LogP contribution in [0.15, 0.2) is 74.7 Å². The second kappa shape index (κ2) is 13.9. The summed E-state index contributed by atoms with van der Waals surface area (Å²) in [5.41, 5.74) is 2.00. The zero-order chi connectivity index (χ0) is 26.8. The lowest BCUT2D eigenvalue weighted by molar-refractivity contribution is 0.103. The van der Waals surface area contributed by atoms with Gasteiger partial charge in [-0.2, -0.15) is 0 Å². The van der Waals surface area contributed by atoms with E-state index in [1.807, 2.05) is 28.8 Å². The molecule has 8 nitrogen and oxygen atoms in total. The van der Waals surface area contributed by atoms with E-state index in [1.165, 1.54) is 11.6 Å². The number of benzene rings is 1. The van der Waals surface area contributed by atoms with Crippen molar-refractivity contribution >= 4 is 30.9 Å². The first-order valence-corrected chi connectivity index (χ1v) is 13.9. The van der Waals surface area contributed by atoms with Gasteiger partial charge in [0.25, 0.3) is 5.56 Å². The Morgan fingerprint density at radius 1 is 0.854 bits per heavy atom. The number of aromatic nitrogens is 1. The molecule has 1 N–H and O–H groups in total. The highest BCUT2D eigenvalue weighted by molar-refractivity contribution is 5.85. The second-order valence-electron chi connectivity index (χ2n) is 11.1. The molecule has 0 spiro atoms. The lowest BCUT2D eigenvalue weighted by Crippen LogP contribution is -2.46. The molecule has 0 saturated carbocycles. The maximum Gasteiger partial charge on any atom is 0.250 e. The van der Waals surface area contributed by atoms with Crippen LogP contribution < -0.4 is 11.0 Å². The molecule has 220 valence electrons. The molecule has 0 radical (unpaired) electrons. The summed E-state index contributed by atoms with van der Waals surface area (Å²) in [6.07, 6.45) is 5.43. The number of aromatic hydroxyl groups is 1. The number of hydrogen-bond acceptors (Lipinski definition) is 7. The Bertz CT molecular complexity index is 1450. The van der Waals surface area contributed by atoms with Crippen molar-refractivity contribution in [2.75, 3.05) is 45.8 Å². The first-order chi connectivity index (χ1) is 19.0. The molecule has 3 aliphatic heterocycles. The third-order valence-electron chi connectivity index (χ3n) is 8.28. The van der Waals surface area contributed by atoms with Crippen LogP contribution in [-0.2, 0) is 19.6 Å². The Hall–Kier alpha value is -2.88. The lowest BCUT2D eigenvalue weighted by atomic mass is 9.83. The van der Waals surface area contributed by atoms with Crippen LogP contribution >= 0.6 is 24.8 Å². The van der Waals surface area contributed by atoms with E-state index in [4.69, 9.17) is 4.42 Å². The molecule has 0 aliphatic carbocycles. The lowest BCUT2D eigenvalue weighted by Gasteiger charge is -2.42. The molecule has 3 aliphatic rings. The molecule has 10 heteroatoms. The minimum atomic E-state index is -0.384. The van der Waals surface area contributed by atoms with E-state index in [0.717, 1.165) is 64.5 Å². The van der Waals surface area contributed by atoms with E-state index in [0.29, 0.717) is 36.4 Å². The Labute approximate surface area is 252 Å². The quantitative estimate of drug-likeness (QED) is 0.442. The number of rotatable bonds is 7. The Balaban J connectivity index is 0.00000194. The molecule has 2 fully saturated rings. The molecule has 5 heterocycles. The number of fused-ring (bicyclic) bond motifs is 4. The molecule has 1 aromatic carbocycles. The highest BCUT2D eigenvalue weighted by Crippen LogP contribution is 2.35. The molecule has 2 atom stereocenters. The summed E-state index contributed by atoms with van der Waals surface area (Å²) >= 11 is 0. The van der Waals surface area contributed by atoms with E-state index in [9.17, 15) is 14.7 Å². The van der Waals surface area contributed by atoms with Crippen LogP contribution in [0.3, 0.4) is 0 Å². The highest BCUT2D eigenvalue weighted by atomic mass is 35.5. The van der Waals surface area contributed by atoms with Crippen molar-refractivity contribution in [3.05, 3.63) is 104 Å². The Morgan fingerprint density at radius 3 is 2.39 bits per heavy atom. The summed E-state index contributed by atoms with van der Waals surface area (Å²) in [6.45, 7) is 7.80. The van der Waals surface area contributed by atoms with Crippen molar-refractivity contribution in [3.8, 4) is 5.75 Å². The molecule has 3 aromatic rings. The molecule has 2 aromatic heterocycles. The third kappa shape index (κ3) is 7.31. The van der Waals surface area contributed by atoms with Gasteiger partial charge in [-0.05, 0) is 24.0 Å². The summed E-state index contributed by atoms with van der Waals surface area (Å²) in [4.78, 5) is 31.9. The highest BCUT2D eigenvalue weighted by Gasteiger charge is 2.34. The van der Waals surface area contributed by atoms with Gasteiger partial charge in [-0.1, -0.05) is 48.6 Å². The summed E-state index contributed by atoms with van der Waals surface area (Å²) in [5, 5.41) is 10.5. The molecular weight excluding hydrogens is 563 g/mol. The summed E-state index contributed by atoms with van der Waals surface area (Å²) in [6, 6.07) is 17.3. The van der Waals surface area contributed by atoms with Gasteiger partial charge in [0.1, 0.15) is 5.76 Å². The number of pyridine rings is 1. The summed E-state index contributed by atoms with van der Waals surface area (Å²) in [7, 11) is 0. The van der Waals surface area contributed by atoms with Crippen LogP contribution in [0, 0.1) is 5.92 Å². The predicted octanol–water partition coefficient (Wildman–Crippen LogP) is 3.80. The van der Waals surface area contributed by atoms with Crippen LogP contribution in [0.5, 0.6) is 5.75 Å². The van der Waals surface area contributed by atoms with Crippen molar-refractivity contribution in [1.82, 2.24) is 19.3 Å². The fraction of sp³-hybridized carbons (Fsp3) is 0.419. The van der Waals surface area contributed by atoms with Gasteiger partial charge in [-0.15, -0.1) is 24.8 Å². The van der Waals surface area contributed by atoms with Gasteiger partial charge in [-0.25, -0.2) is 0 Å². The van der Waals surface area contributed by atoms with Gasteiger partial charge in [-0.3, -0.25) is 24.3 Å². The molecular formula is C31H38Cl2N4O4. The van der Waals surface area contributed by atoms with Crippen LogP contribution in [-0.4, -0.2) is 70.2 Å². The first-order valence-electron chi connectivity index (χ1n) is 13.9. The fourth-order valence-corrected chi connectivity index (χ4v) is 6.35. The van der Waals surface area contributed by atoms with Gasteiger partial charge >= 0.3 is 0 Å². The minimum absolute atomic E-state index is 0. The number of hydrogen-bond donors (Lipinski definition) is 1. The largest absolute Gasteiger partial charge is 0.502 e. The topological polar surface area (TPSA) is 82.2 Å². The number of likely N-dealkylation sites (tertiary alicyclic amines) is 1. The zero-order valence-corrected chi connectivity index (χ0v) is 24.7. The van der Waals surface area contributed by atoms with Crippen molar-refractivity contribution in [3.63, 3.8) is 0 Å². The Morgan fingerprint density at radius 2 is 1.61 bits per heavy atom. The van der Waals surface area contributed by atoms with E-state index in [1.54, 1.807) is 6.07 Å². The smallest absolute Gasteiger partial charge is 0.250 e. The normalized spacial score (nSPS) is 21.2. The average Bonchev–Trinajstić information content (AvgIpc) is 2.94. The standard InChI is InChI=1S/C31H36N4O4.2ClH/c36-28-17-26(21-34-18-24-16-25(20-34)27-9-4-10-30(37)35(27)19-24)39-29(31(28)38)22-33-14-12-32(13-15-33)11-5-8-23-6-2-1-3-7-23;;/h1-10,17,24-25,38H,11-16,18-22H2;2*1H. The van der Waals surface area contributed by atoms with Gasteiger partial charge in [0.15, 0.2) is 5.76 Å². The van der Waals surface area contributed by atoms with Crippen LogP contribution in [0.4, 0.5) is 0 Å². The molecule has 6 rings (SSSR count). The Kier molecular flexibility index (Phi) is 10.5. The van der Waals surface area contributed by atoms with Crippen molar-refractivity contribution in [2.45, 2.75) is 32.0 Å². The van der Waals surface area contributed by atoms with Crippen molar-refractivity contribution < 1.29 is 9.52 Å².